The SMILES string of the molecule is Cc1cc(N(C)C)ccc1NCc1ccc(C(=O)O)cc1. The summed E-state index contributed by atoms with van der Waals surface area (Å²) in [7, 11) is 4.04. The van der Waals surface area contributed by atoms with Crippen LogP contribution in [-0.4, -0.2) is 25.2 Å². The lowest BCUT2D eigenvalue weighted by molar-refractivity contribution is 0.0697. The molecule has 0 amide bonds. The highest BCUT2D eigenvalue weighted by molar-refractivity contribution is 5.87. The molecule has 21 heavy (non-hydrogen) atoms. The number of benzene rings is 2. The molecule has 0 heterocycles. The highest BCUT2D eigenvalue weighted by Crippen LogP contribution is 2.21. The number of nitrogens with zero attached hydrogens (tertiary/aromatic N) is 1. The van der Waals surface area contributed by atoms with Crippen molar-refractivity contribution in [1.29, 1.82) is 0 Å². The van der Waals surface area contributed by atoms with Crippen LogP contribution >= 0.6 is 0 Å². The van der Waals surface area contributed by atoms with Gasteiger partial charge in [0.15, 0.2) is 0 Å². The maximum absolute atomic E-state index is 10.8. The Kier molecular flexibility index (Phi) is 4.48. The monoisotopic (exact) mass is 284 g/mol. The summed E-state index contributed by atoms with van der Waals surface area (Å²) in [6.45, 7) is 2.74. The predicted molar refractivity (Wildman–Crippen MR) is 86.2 cm³/mol. The summed E-state index contributed by atoms with van der Waals surface area (Å²) in [6, 6.07) is 13.2. The summed E-state index contributed by atoms with van der Waals surface area (Å²) in [4.78, 5) is 12.9. The normalized spacial score (nSPS) is 10.2. The van der Waals surface area contributed by atoms with Crippen molar-refractivity contribution in [3.63, 3.8) is 0 Å². The first-order chi connectivity index (χ1) is 9.97. The minimum atomic E-state index is -0.898. The molecule has 0 saturated carbocycles. The second kappa shape index (κ2) is 6.31. The molecule has 0 atom stereocenters. The lowest BCUT2D eigenvalue weighted by Crippen LogP contribution is -2.09. The molecular weight excluding hydrogens is 264 g/mol. The highest BCUT2D eigenvalue weighted by atomic mass is 16.4. The van der Waals surface area contributed by atoms with Crippen molar-refractivity contribution < 1.29 is 9.90 Å². The number of hydrogen-bond acceptors (Lipinski definition) is 3. The third kappa shape index (κ3) is 3.75. The maximum atomic E-state index is 10.8. The summed E-state index contributed by atoms with van der Waals surface area (Å²) >= 11 is 0. The van der Waals surface area contributed by atoms with Crippen molar-refractivity contribution in [2.24, 2.45) is 0 Å². The Balaban J connectivity index is 2.04. The van der Waals surface area contributed by atoms with Crippen LogP contribution in [0.2, 0.25) is 0 Å². The van der Waals surface area contributed by atoms with E-state index in [-0.39, 0.29) is 0 Å². The molecule has 2 aromatic rings. The van der Waals surface area contributed by atoms with Crippen LogP contribution in [0.4, 0.5) is 11.4 Å². The van der Waals surface area contributed by atoms with Crippen LogP contribution in [0.3, 0.4) is 0 Å². The van der Waals surface area contributed by atoms with E-state index in [0.717, 1.165) is 11.3 Å². The first-order valence-electron chi connectivity index (χ1n) is 6.81. The standard InChI is InChI=1S/C17H20N2O2/c1-12-10-15(19(2)3)8-9-16(12)18-11-13-4-6-14(7-5-13)17(20)21/h4-10,18H,11H2,1-3H3,(H,20,21). The van der Waals surface area contributed by atoms with Gasteiger partial charge in [-0.2, -0.15) is 0 Å². The molecule has 0 aliphatic heterocycles. The zero-order valence-corrected chi connectivity index (χ0v) is 12.6. The van der Waals surface area contributed by atoms with Gasteiger partial charge in [-0.1, -0.05) is 12.1 Å². The molecule has 0 spiro atoms. The van der Waals surface area contributed by atoms with E-state index in [0.29, 0.717) is 12.1 Å². The molecule has 0 saturated heterocycles. The molecule has 2 rings (SSSR count). The third-order valence-corrected chi connectivity index (χ3v) is 3.41. The van der Waals surface area contributed by atoms with Crippen molar-refractivity contribution in [3.8, 4) is 0 Å². The van der Waals surface area contributed by atoms with Crippen molar-refractivity contribution in [1.82, 2.24) is 0 Å². The van der Waals surface area contributed by atoms with E-state index in [2.05, 4.69) is 35.3 Å². The van der Waals surface area contributed by atoms with E-state index in [4.69, 9.17) is 5.11 Å². The fourth-order valence-corrected chi connectivity index (χ4v) is 2.09. The van der Waals surface area contributed by atoms with E-state index < -0.39 is 5.97 Å². The molecule has 110 valence electrons. The summed E-state index contributed by atoms with van der Waals surface area (Å²) in [5.74, 6) is -0.898. The summed E-state index contributed by atoms with van der Waals surface area (Å²) in [6.07, 6.45) is 0. The molecule has 0 unspecified atom stereocenters. The van der Waals surface area contributed by atoms with Gasteiger partial charge in [-0.3, -0.25) is 0 Å². The first kappa shape index (κ1) is 14.9. The van der Waals surface area contributed by atoms with E-state index in [1.165, 1.54) is 11.3 Å². The summed E-state index contributed by atoms with van der Waals surface area (Å²) in [5.41, 5.74) is 4.80. The number of carbonyl (C=O) groups is 1. The average Bonchev–Trinajstić information content (AvgIpc) is 2.46. The van der Waals surface area contributed by atoms with Crippen LogP contribution in [0.1, 0.15) is 21.5 Å². The minimum absolute atomic E-state index is 0.310. The highest BCUT2D eigenvalue weighted by Gasteiger charge is 2.03. The van der Waals surface area contributed by atoms with Crippen molar-refractivity contribution >= 4 is 17.3 Å². The van der Waals surface area contributed by atoms with Gasteiger partial charge < -0.3 is 15.3 Å². The van der Waals surface area contributed by atoms with E-state index in [1.54, 1.807) is 12.1 Å². The van der Waals surface area contributed by atoms with Gasteiger partial charge in [0.05, 0.1) is 5.56 Å². The number of anilines is 2. The molecule has 4 nitrogen and oxygen atoms in total. The van der Waals surface area contributed by atoms with Gasteiger partial charge in [0, 0.05) is 32.0 Å². The minimum Gasteiger partial charge on any atom is -0.478 e. The molecule has 0 aromatic heterocycles. The Morgan fingerprint density at radius 2 is 1.81 bits per heavy atom. The van der Waals surface area contributed by atoms with Crippen LogP contribution < -0.4 is 10.2 Å². The Morgan fingerprint density at radius 1 is 1.14 bits per heavy atom. The molecular formula is C17H20N2O2. The quantitative estimate of drug-likeness (QED) is 0.884. The van der Waals surface area contributed by atoms with E-state index in [9.17, 15) is 4.79 Å². The number of aromatic carboxylic acids is 1. The van der Waals surface area contributed by atoms with Crippen molar-refractivity contribution in [2.45, 2.75) is 13.5 Å². The number of nitrogens with one attached hydrogen (secondary N) is 1. The largest absolute Gasteiger partial charge is 0.478 e. The van der Waals surface area contributed by atoms with Crippen LogP contribution in [0.5, 0.6) is 0 Å². The Morgan fingerprint density at radius 3 is 2.33 bits per heavy atom. The van der Waals surface area contributed by atoms with Crippen molar-refractivity contribution in [2.75, 3.05) is 24.3 Å². The van der Waals surface area contributed by atoms with Crippen LogP contribution in [0.15, 0.2) is 42.5 Å². The molecule has 2 N–H and O–H groups in total. The van der Waals surface area contributed by atoms with Gasteiger partial charge in [0.25, 0.3) is 0 Å². The van der Waals surface area contributed by atoms with Gasteiger partial charge in [-0.15, -0.1) is 0 Å². The van der Waals surface area contributed by atoms with Crippen LogP contribution in [0, 0.1) is 6.92 Å². The molecule has 0 radical (unpaired) electrons. The number of aryl methyl sites for hydroxylation is 1. The fraction of sp³-hybridized carbons (Fsp3) is 0.235. The number of carboxylic acids is 1. The molecule has 0 fully saturated rings. The van der Waals surface area contributed by atoms with Gasteiger partial charge in [0.1, 0.15) is 0 Å². The molecule has 0 aliphatic rings. The summed E-state index contributed by atoms with van der Waals surface area (Å²) < 4.78 is 0. The number of carboxylic acid groups (broad SMARTS) is 1. The van der Waals surface area contributed by atoms with Gasteiger partial charge >= 0.3 is 5.97 Å². The number of hydrogen-bond donors (Lipinski definition) is 2. The topological polar surface area (TPSA) is 52.6 Å². The molecule has 0 bridgehead atoms. The fourth-order valence-electron chi connectivity index (χ4n) is 2.09. The Hall–Kier alpha value is -2.49. The molecule has 4 heteroatoms. The Labute approximate surface area is 125 Å². The zero-order valence-electron chi connectivity index (χ0n) is 12.6. The summed E-state index contributed by atoms with van der Waals surface area (Å²) in [5, 5.41) is 12.2. The maximum Gasteiger partial charge on any atom is 0.335 e. The first-order valence-corrected chi connectivity index (χ1v) is 6.81. The lowest BCUT2D eigenvalue weighted by Gasteiger charge is -2.16. The smallest absolute Gasteiger partial charge is 0.335 e. The van der Waals surface area contributed by atoms with Gasteiger partial charge in [0.2, 0.25) is 0 Å². The van der Waals surface area contributed by atoms with Gasteiger partial charge in [-0.25, -0.2) is 4.79 Å². The number of rotatable bonds is 5. The van der Waals surface area contributed by atoms with E-state index >= 15 is 0 Å². The van der Waals surface area contributed by atoms with Crippen LogP contribution in [-0.2, 0) is 6.54 Å². The average molecular weight is 284 g/mol. The van der Waals surface area contributed by atoms with E-state index in [1.807, 2.05) is 26.2 Å². The second-order valence-corrected chi connectivity index (χ2v) is 5.25. The lowest BCUT2D eigenvalue weighted by atomic mass is 10.1. The predicted octanol–water partition coefficient (Wildman–Crippen LogP) is 3.37. The van der Waals surface area contributed by atoms with Crippen molar-refractivity contribution in [3.05, 3.63) is 59.2 Å². The zero-order chi connectivity index (χ0) is 15.4. The van der Waals surface area contributed by atoms with Crippen LogP contribution in [0.25, 0.3) is 0 Å². The molecule has 2 aromatic carbocycles. The third-order valence-electron chi connectivity index (χ3n) is 3.41. The second-order valence-electron chi connectivity index (χ2n) is 5.25. The Bertz CT molecular complexity index is 634. The van der Waals surface area contributed by atoms with Gasteiger partial charge in [-0.05, 0) is 48.4 Å². The molecule has 0 aliphatic carbocycles.